The van der Waals surface area contributed by atoms with Gasteiger partial charge in [0.15, 0.2) is 0 Å². The molecule has 0 bridgehead atoms. The van der Waals surface area contributed by atoms with Crippen molar-refractivity contribution in [3.63, 3.8) is 0 Å². The van der Waals surface area contributed by atoms with Gasteiger partial charge in [0, 0.05) is 53.8 Å². The second-order valence-corrected chi connectivity index (χ2v) is 2.64. The molecule has 0 aliphatic rings. The topological polar surface area (TPSA) is 17.1 Å². The zero-order valence-corrected chi connectivity index (χ0v) is 13.5. The van der Waals surface area contributed by atoms with E-state index in [-0.39, 0.29) is 59.6 Å². The summed E-state index contributed by atoms with van der Waals surface area (Å²) >= 11 is 0. The number of hydrogen-bond acceptors (Lipinski definition) is 1. The predicted molar refractivity (Wildman–Crippen MR) is 43.2 cm³/mol. The van der Waals surface area contributed by atoms with E-state index in [0.717, 1.165) is 11.1 Å². The summed E-state index contributed by atoms with van der Waals surface area (Å²) in [5.74, 6) is 0.176. The molecule has 0 aromatic heterocycles. The van der Waals surface area contributed by atoms with Crippen LogP contribution in [0.2, 0.25) is 0 Å². The predicted octanol–water partition coefficient (Wildman–Crippen LogP) is 1.72. The molecule has 1 rings (SSSR count). The molecule has 0 atom stereocenters. The average Bonchev–Trinajstić information content (AvgIpc) is 1.93. The van der Waals surface area contributed by atoms with Gasteiger partial charge in [0.2, 0.25) is 0 Å². The fourth-order valence-corrected chi connectivity index (χ4v) is 0.936. The van der Waals surface area contributed by atoms with Crippen LogP contribution < -0.4 is 0 Å². The Bertz CT molecular complexity index is 273. The van der Waals surface area contributed by atoms with Crippen molar-refractivity contribution >= 4 is 5.78 Å². The van der Waals surface area contributed by atoms with Crippen LogP contribution >= 0.6 is 0 Å². The molecule has 0 saturated carbocycles. The molecule has 0 unspecified atom stereocenters. The van der Waals surface area contributed by atoms with E-state index in [4.69, 9.17) is 0 Å². The van der Waals surface area contributed by atoms with Crippen molar-refractivity contribution < 1.29 is 58.6 Å². The van der Waals surface area contributed by atoms with E-state index in [1.165, 1.54) is 0 Å². The van der Waals surface area contributed by atoms with Crippen molar-refractivity contribution in [2.45, 2.75) is 20.3 Å². The molecule has 13 heavy (non-hydrogen) atoms. The molecule has 0 spiro atoms. The number of carbonyl (C=O) groups is 1. The zero-order valence-electron chi connectivity index (χ0n) is 7.76. The summed E-state index contributed by atoms with van der Waals surface area (Å²) in [6.45, 7) is 3.55. The number of ketones is 1. The van der Waals surface area contributed by atoms with E-state index in [9.17, 15) is 4.79 Å². The smallest absolute Gasteiger partial charge is 0.130 e. The fourth-order valence-electron chi connectivity index (χ4n) is 0.936. The summed E-state index contributed by atoms with van der Waals surface area (Å²) in [7, 11) is 0. The Labute approximate surface area is 119 Å². The van der Waals surface area contributed by atoms with Gasteiger partial charge < -0.3 is 18.2 Å². The third-order valence-corrected chi connectivity index (χ3v) is 1.53. The van der Waals surface area contributed by atoms with Crippen LogP contribution in [0.25, 0.3) is 0 Å². The Morgan fingerprint density at radius 2 is 2.15 bits per heavy atom. The van der Waals surface area contributed by atoms with Gasteiger partial charge in [-0.05, 0) is 13.3 Å². The summed E-state index contributed by atoms with van der Waals surface area (Å²) < 4.78 is 0. The number of rotatable bonds is 2. The molecule has 1 radical (unpaired) electrons. The number of hydrogen-bond donors (Lipinski definition) is 0. The van der Waals surface area contributed by atoms with Crippen LogP contribution in [0.4, 0.5) is 0 Å². The van der Waals surface area contributed by atoms with E-state index in [1.54, 1.807) is 13.0 Å². The van der Waals surface area contributed by atoms with Crippen molar-refractivity contribution in [2.75, 3.05) is 0 Å². The molecule has 3 heteroatoms. The quantitative estimate of drug-likeness (QED) is 0.668. The van der Waals surface area contributed by atoms with E-state index in [2.05, 4.69) is 12.1 Å². The molecule has 0 saturated heterocycles. The summed E-state index contributed by atoms with van der Waals surface area (Å²) in [5, 5.41) is 0. The molecule has 0 fully saturated rings. The Hall–Kier alpha value is 0.682. The minimum Gasteiger partial charge on any atom is -0.359 e. The molecule has 67 valence electrons. The summed E-state index contributed by atoms with van der Waals surface area (Å²) in [6, 6.07) is 9.48. The Kier molecular flexibility index (Phi) is 9.96. The Balaban J connectivity index is 0. The number of benzene rings is 1. The molecule has 0 amide bonds. The second-order valence-electron chi connectivity index (χ2n) is 2.64. The fraction of sp³-hybridized carbons (Fsp3) is 0.300. The van der Waals surface area contributed by atoms with E-state index in [0.29, 0.717) is 6.42 Å². The average molecular weight is 419 g/mol. The van der Waals surface area contributed by atoms with Crippen LogP contribution in [-0.2, 0) is 65.0 Å². The molecular weight excluding hydrogens is 409 g/mol. The van der Waals surface area contributed by atoms with Crippen molar-refractivity contribution in [1.29, 1.82) is 0 Å². The van der Waals surface area contributed by atoms with Gasteiger partial charge in [-0.2, -0.15) is 0 Å². The maximum Gasteiger partial charge on any atom is 0.130 e. The van der Waals surface area contributed by atoms with Crippen LogP contribution in [0.5, 0.6) is 0 Å². The summed E-state index contributed by atoms with van der Waals surface area (Å²) in [6.07, 6.45) is 0.487. The van der Waals surface area contributed by atoms with Crippen LogP contribution in [0.15, 0.2) is 12.1 Å². The van der Waals surface area contributed by atoms with Gasteiger partial charge in [0.25, 0.3) is 0 Å². The number of aryl methyl sites for hydroxylation is 1. The number of carbonyl (C=O) groups excluding carboxylic acids is 1. The minimum atomic E-state index is 0. The molecule has 0 aliphatic carbocycles. The molecular formula is C10H10OWY-2. The Morgan fingerprint density at radius 3 is 2.62 bits per heavy atom. The van der Waals surface area contributed by atoms with Crippen LogP contribution in [0.3, 0.4) is 0 Å². The van der Waals surface area contributed by atoms with Gasteiger partial charge in [-0.1, -0.05) is 0 Å². The first-order valence-corrected chi connectivity index (χ1v) is 3.57. The van der Waals surface area contributed by atoms with Gasteiger partial charge in [0.1, 0.15) is 5.78 Å². The summed E-state index contributed by atoms with van der Waals surface area (Å²) in [4.78, 5) is 10.7. The van der Waals surface area contributed by atoms with Gasteiger partial charge in [-0.15, -0.1) is 6.92 Å². The molecule has 0 aliphatic heterocycles. The normalized spacial score (nSPS) is 8.15. The van der Waals surface area contributed by atoms with Gasteiger partial charge in [-0.25, -0.2) is 0 Å². The zero-order chi connectivity index (χ0) is 8.27. The second kappa shape index (κ2) is 8.03. The molecule has 0 heterocycles. The molecule has 1 nitrogen and oxygen atoms in total. The third-order valence-electron chi connectivity index (χ3n) is 1.53. The van der Waals surface area contributed by atoms with Crippen LogP contribution in [0.1, 0.15) is 18.1 Å². The van der Waals surface area contributed by atoms with E-state index >= 15 is 0 Å². The van der Waals surface area contributed by atoms with Gasteiger partial charge in [0.05, 0.1) is 0 Å². The maximum atomic E-state index is 10.7. The minimum absolute atomic E-state index is 0. The molecule has 1 aromatic rings. The Morgan fingerprint density at radius 1 is 1.54 bits per heavy atom. The number of Topliss-reactive ketones (excluding diaryl/α,β-unsaturated/α-hetero) is 1. The van der Waals surface area contributed by atoms with Gasteiger partial charge in [-0.3, -0.25) is 22.0 Å². The summed E-state index contributed by atoms with van der Waals surface area (Å²) in [5.41, 5.74) is 2.07. The molecule has 1 aromatic carbocycles. The van der Waals surface area contributed by atoms with Crippen LogP contribution in [0, 0.1) is 19.1 Å². The van der Waals surface area contributed by atoms with Crippen LogP contribution in [-0.4, -0.2) is 5.78 Å². The maximum absolute atomic E-state index is 10.7. The first-order valence-electron chi connectivity index (χ1n) is 3.57. The monoisotopic (exact) mass is 419 g/mol. The largest absolute Gasteiger partial charge is 0.359 e. The van der Waals surface area contributed by atoms with Crippen molar-refractivity contribution in [2.24, 2.45) is 0 Å². The first-order chi connectivity index (χ1) is 5.20. The standard InChI is InChI=1S/C10H10O.W.Y/c1-8-5-3-4-6-10(8)7-9(2)11;;/h4-5H,7H2,1-2H3;;/q-2;;. The van der Waals surface area contributed by atoms with E-state index in [1.807, 2.05) is 13.0 Å². The molecule has 0 N–H and O–H groups in total. The van der Waals surface area contributed by atoms with Crippen molar-refractivity contribution in [3.8, 4) is 0 Å². The van der Waals surface area contributed by atoms with Gasteiger partial charge >= 0.3 is 0 Å². The van der Waals surface area contributed by atoms with Crippen molar-refractivity contribution in [3.05, 3.63) is 35.4 Å². The first kappa shape index (κ1) is 16.1. The SMILES string of the molecule is CC(=O)Cc1[c-]c[c-]cc1C.[W].[Y]. The van der Waals surface area contributed by atoms with E-state index < -0.39 is 0 Å². The third kappa shape index (κ3) is 5.88. The van der Waals surface area contributed by atoms with Crippen molar-refractivity contribution in [1.82, 2.24) is 0 Å².